The lowest BCUT2D eigenvalue weighted by molar-refractivity contribution is -0.117. The minimum absolute atomic E-state index is 0.0104. The molecule has 3 N–H and O–H groups in total. The summed E-state index contributed by atoms with van der Waals surface area (Å²) in [6, 6.07) is 3.11. The molecule has 1 saturated carbocycles. The highest BCUT2D eigenvalue weighted by atomic mass is 16.5. The van der Waals surface area contributed by atoms with Gasteiger partial charge in [-0.1, -0.05) is 0 Å². The van der Waals surface area contributed by atoms with Crippen LogP contribution in [0.4, 0.5) is 22.9 Å². The lowest BCUT2D eigenvalue weighted by Crippen LogP contribution is -2.15. The third kappa shape index (κ3) is 3.41. The maximum absolute atomic E-state index is 12.0. The Morgan fingerprint density at radius 1 is 1.34 bits per heavy atom. The Morgan fingerprint density at radius 2 is 2.14 bits per heavy atom. The molecular formula is C19H16N6O4. The number of hydrogen-bond acceptors (Lipinski definition) is 6. The summed E-state index contributed by atoms with van der Waals surface area (Å²) >= 11 is 0. The van der Waals surface area contributed by atoms with E-state index < -0.39 is 5.97 Å². The minimum atomic E-state index is -1.17. The second-order valence-electron chi connectivity index (χ2n) is 6.51. The van der Waals surface area contributed by atoms with Crippen LogP contribution < -0.4 is 15.4 Å². The van der Waals surface area contributed by atoms with E-state index >= 15 is 0 Å². The largest absolute Gasteiger partial charge is 0.494 e. The number of nitrogens with one attached hydrogen (secondary N) is 2. The van der Waals surface area contributed by atoms with Crippen molar-refractivity contribution in [2.45, 2.75) is 12.8 Å². The first-order valence-electron chi connectivity index (χ1n) is 8.75. The molecule has 0 aromatic carbocycles. The van der Waals surface area contributed by atoms with Gasteiger partial charge < -0.3 is 20.5 Å². The van der Waals surface area contributed by atoms with Crippen LogP contribution >= 0.6 is 0 Å². The molecule has 10 heteroatoms. The van der Waals surface area contributed by atoms with Crippen LogP contribution in [0.2, 0.25) is 0 Å². The van der Waals surface area contributed by atoms with E-state index in [4.69, 9.17) is 11.3 Å². The lowest BCUT2D eigenvalue weighted by atomic mass is 10.2. The zero-order valence-electron chi connectivity index (χ0n) is 15.3. The van der Waals surface area contributed by atoms with Gasteiger partial charge in [0.15, 0.2) is 5.75 Å². The van der Waals surface area contributed by atoms with Crippen LogP contribution in [0.3, 0.4) is 0 Å². The molecule has 0 aliphatic heterocycles. The molecular weight excluding hydrogens is 376 g/mol. The van der Waals surface area contributed by atoms with Crippen molar-refractivity contribution in [1.29, 1.82) is 0 Å². The summed E-state index contributed by atoms with van der Waals surface area (Å²) in [6.07, 6.45) is 5.93. The van der Waals surface area contributed by atoms with Gasteiger partial charge >= 0.3 is 5.97 Å². The van der Waals surface area contributed by atoms with Gasteiger partial charge in [-0.05, 0) is 18.9 Å². The third-order valence-electron chi connectivity index (χ3n) is 4.55. The number of anilines is 3. The fourth-order valence-electron chi connectivity index (χ4n) is 2.94. The van der Waals surface area contributed by atoms with Crippen molar-refractivity contribution in [2.24, 2.45) is 5.92 Å². The number of amides is 1. The highest BCUT2D eigenvalue weighted by Gasteiger charge is 2.30. The monoisotopic (exact) mass is 392 g/mol. The van der Waals surface area contributed by atoms with Gasteiger partial charge in [0, 0.05) is 24.4 Å². The fraction of sp³-hybridized carbons (Fsp3) is 0.211. The van der Waals surface area contributed by atoms with Crippen molar-refractivity contribution in [3.8, 4) is 5.75 Å². The number of carbonyl (C=O) groups is 2. The van der Waals surface area contributed by atoms with E-state index in [1.54, 1.807) is 12.3 Å². The van der Waals surface area contributed by atoms with Crippen molar-refractivity contribution in [2.75, 3.05) is 17.7 Å². The number of rotatable bonds is 6. The summed E-state index contributed by atoms with van der Waals surface area (Å²) in [5, 5.41) is 19.3. The molecule has 1 aliphatic rings. The SMILES string of the molecule is [C-]#[N+]c1cnn2ccc(Nc3cc(NC(=O)C4CC4)ncc3C(=O)O)c(OC)c12. The number of pyridine rings is 2. The zero-order valence-corrected chi connectivity index (χ0v) is 15.3. The number of nitrogens with zero attached hydrogens (tertiary/aromatic N) is 4. The van der Waals surface area contributed by atoms with Crippen molar-refractivity contribution in [3.63, 3.8) is 0 Å². The number of carbonyl (C=O) groups excluding carboxylic acids is 1. The molecule has 0 bridgehead atoms. The zero-order chi connectivity index (χ0) is 20.5. The van der Waals surface area contributed by atoms with E-state index in [0.29, 0.717) is 22.6 Å². The molecule has 3 heterocycles. The molecule has 0 radical (unpaired) electrons. The Morgan fingerprint density at radius 3 is 2.79 bits per heavy atom. The molecule has 0 spiro atoms. The van der Waals surface area contributed by atoms with Crippen molar-refractivity contribution >= 4 is 40.3 Å². The van der Waals surface area contributed by atoms with E-state index in [1.807, 2.05) is 0 Å². The topological polar surface area (TPSA) is 122 Å². The number of methoxy groups -OCH3 is 1. The molecule has 3 aromatic heterocycles. The average Bonchev–Trinajstić information content (AvgIpc) is 3.48. The molecule has 146 valence electrons. The Kier molecular flexibility index (Phi) is 4.48. The summed E-state index contributed by atoms with van der Waals surface area (Å²) in [4.78, 5) is 31.1. The number of aromatic carboxylic acids is 1. The normalized spacial score (nSPS) is 13.0. The van der Waals surface area contributed by atoms with Crippen molar-refractivity contribution in [1.82, 2.24) is 14.6 Å². The van der Waals surface area contributed by atoms with Crippen LogP contribution in [0.15, 0.2) is 30.7 Å². The Bertz CT molecular complexity index is 1180. The maximum atomic E-state index is 12.0. The van der Waals surface area contributed by atoms with Crippen LogP contribution in [0.25, 0.3) is 10.4 Å². The molecule has 1 amide bonds. The molecule has 0 saturated heterocycles. The molecule has 10 nitrogen and oxygen atoms in total. The molecule has 4 rings (SSSR count). The first-order valence-corrected chi connectivity index (χ1v) is 8.75. The number of hydrogen-bond donors (Lipinski definition) is 3. The van der Waals surface area contributed by atoms with Crippen LogP contribution in [-0.4, -0.2) is 38.7 Å². The predicted molar refractivity (Wildman–Crippen MR) is 104 cm³/mol. The van der Waals surface area contributed by atoms with Gasteiger partial charge in [-0.25, -0.2) is 19.1 Å². The molecule has 3 aromatic rings. The predicted octanol–water partition coefficient (Wildman–Crippen LogP) is 3.08. The van der Waals surface area contributed by atoms with Crippen LogP contribution in [0.1, 0.15) is 23.2 Å². The highest BCUT2D eigenvalue weighted by molar-refractivity contribution is 5.98. The molecule has 29 heavy (non-hydrogen) atoms. The summed E-state index contributed by atoms with van der Waals surface area (Å²) in [5.74, 6) is -0.727. The van der Waals surface area contributed by atoms with Gasteiger partial charge in [0.2, 0.25) is 11.6 Å². The first kappa shape index (κ1) is 18.2. The summed E-state index contributed by atoms with van der Waals surface area (Å²) in [5.41, 5.74) is 1.36. The van der Waals surface area contributed by atoms with E-state index in [0.717, 1.165) is 12.8 Å². The van der Waals surface area contributed by atoms with Crippen LogP contribution in [-0.2, 0) is 4.79 Å². The quantitative estimate of drug-likeness (QED) is 0.551. The van der Waals surface area contributed by atoms with Crippen molar-refractivity contribution < 1.29 is 19.4 Å². The summed E-state index contributed by atoms with van der Waals surface area (Å²) in [6.45, 7) is 7.30. The molecule has 1 aliphatic carbocycles. The molecule has 1 fully saturated rings. The smallest absolute Gasteiger partial charge is 0.339 e. The van der Waals surface area contributed by atoms with Gasteiger partial charge in [0.25, 0.3) is 0 Å². The third-order valence-corrected chi connectivity index (χ3v) is 4.55. The first-order chi connectivity index (χ1) is 14.0. The van der Waals surface area contributed by atoms with Gasteiger partial charge in [-0.15, -0.1) is 0 Å². The Balaban J connectivity index is 1.75. The highest BCUT2D eigenvalue weighted by Crippen LogP contribution is 2.38. The lowest BCUT2D eigenvalue weighted by Gasteiger charge is -2.15. The average molecular weight is 392 g/mol. The van der Waals surface area contributed by atoms with Crippen molar-refractivity contribution in [3.05, 3.63) is 47.7 Å². The summed E-state index contributed by atoms with van der Waals surface area (Å²) < 4.78 is 6.97. The maximum Gasteiger partial charge on any atom is 0.339 e. The number of ether oxygens (including phenoxy) is 1. The van der Waals surface area contributed by atoms with Gasteiger partial charge in [0.1, 0.15) is 16.9 Å². The summed E-state index contributed by atoms with van der Waals surface area (Å²) in [7, 11) is 1.45. The standard InChI is InChI=1S/C19H16N6O4/c1-20-14-9-22-25-6-5-12(17(29-2)16(14)25)23-13-7-15(21-8-11(13)19(27)28)24-18(26)10-3-4-10/h5-10H,3-4H2,2H3,(H,27,28)(H2,21,23,24,26). The fourth-order valence-corrected chi connectivity index (χ4v) is 2.94. The second kappa shape index (κ2) is 7.12. The van der Waals surface area contributed by atoms with Gasteiger partial charge in [-0.3, -0.25) is 4.79 Å². The van der Waals surface area contributed by atoms with E-state index in [9.17, 15) is 14.7 Å². The van der Waals surface area contributed by atoms with Gasteiger partial charge in [-0.2, -0.15) is 5.10 Å². The van der Waals surface area contributed by atoms with Crippen LogP contribution in [0, 0.1) is 12.5 Å². The second-order valence-corrected chi connectivity index (χ2v) is 6.51. The number of carboxylic acid groups (broad SMARTS) is 1. The van der Waals surface area contributed by atoms with Crippen LogP contribution in [0.5, 0.6) is 5.75 Å². The van der Waals surface area contributed by atoms with E-state index in [1.165, 1.54) is 30.1 Å². The number of fused-ring (bicyclic) bond motifs is 1. The molecule has 0 atom stereocenters. The molecule has 0 unspecified atom stereocenters. The van der Waals surface area contributed by atoms with Gasteiger partial charge in [0.05, 0.1) is 31.3 Å². The number of carboxylic acids is 1. The minimum Gasteiger partial charge on any atom is -0.494 e. The number of aromatic nitrogens is 3. The Labute approximate surface area is 164 Å². The van der Waals surface area contributed by atoms with E-state index in [2.05, 4.69) is 25.6 Å². The van der Waals surface area contributed by atoms with E-state index in [-0.39, 0.29) is 28.9 Å². The Hall–Kier alpha value is -4.13.